The van der Waals surface area contributed by atoms with Crippen molar-refractivity contribution in [1.29, 1.82) is 0 Å². The Hall–Kier alpha value is -4.54. The molecule has 1 fully saturated rings. The summed E-state index contributed by atoms with van der Waals surface area (Å²) in [6, 6.07) is 12.4. The fraction of sp³-hybridized carbons (Fsp3) is 0.500. The first-order valence-corrected chi connectivity index (χ1v) is 16.4. The summed E-state index contributed by atoms with van der Waals surface area (Å²) in [5.41, 5.74) is 1.40. The number of carbonyl (C=O) groups is 6. The highest BCUT2D eigenvalue weighted by molar-refractivity contribution is 6.08. The molecule has 3 N–H and O–H groups in total. The summed E-state index contributed by atoms with van der Waals surface area (Å²) in [6.07, 6.45) is 4.92. The van der Waals surface area contributed by atoms with Gasteiger partial charge in [0.1, 0.15) is 11.8 Å². The Morgan fingerprint density at radius 2 is 1.64 bits per heavy atom. The third-order valence-electron chi connectivity index (χ3n) is 9.04. The van der Waals surface area contributed by atoms with Crippen molar-refractivity contribution < 1.29 is 33.9 Å². The molecule has 3 amide bonds. The lowest BCUT2D eigenvalue weighted by Crippen LogP contribution is -2.55. The third-order valence-corrected chi connectivity index (χ3v) is 9.04. The van der Waals surface area contributed by atoms with E-state index in [9.17, 15) is 28.8 Å². The van der Waals surface area contributed by atoms with Gasteiger partial charge in [0.25, 0.3) is 5.91 Å². The molecule has 0 spiro atoms. The number of amides is 3. The lowest BCUT2D eigenvalue weighted by Gasteiger charge is -2.37. The van der Waals surface area contributed by atoms with Gasteiger partial charge < -0.3 is 25.5 Å². The second-order valence-electron chi connectivity index (χ2n) is 13.6. The van der Waals surface area contributed by atoms with E-state index in [4.69, 9.17) is 5.11 Å². The minimum Gasteiger partial charge on any atom is -0.481 e. The van der Waals surface area contributed by atoms with Crippen molar-refractivity contribution in [2.75, 3.05) is 28.2 Å². The Labute approximate surface area is 276 Å². The zero-order valence-electron chi connectivity index (χ0n) is 27.7. The van der Waals surface area contributed by atoms with E-state index < -0.39 is 29.4 Å². The summed E-state index contributed by atoms with van der Waals surface area (Å²) in [4.78, 5) is 80.6. The van der Waals surface area contributed by atoms with Gasteiger partial charge in [0.15, 0.2) is 11.6 Å². The molecular weight excluding hydrogens is 600 g/mol. The van der Waals surface area contributed by atoms with Crippen LogP contribution in [0.3, 0.4) is 0 Å². The molecule has 252 valence electrons. The number of aliphatic carboxylic acids is 1. The largest absolute Gasteiger partial charge is 0.481 e. The van der Waals surface area contributed by atoms with E-state index in [2.05, 4.69) is 15.5 Å². The zero-order chi connectivity index (χ0) is 34.3. The van der Waals surface area contributed by atoms with E-state index in [1.54, 1.807) is 18.2 Å². The number of para-hydroxylation sites is 2. The summed E-state index contributed by atoms with van der Waals surface area (Å²) >= 11 is 0. The molecular formula is C36H46N4O7. The van der Waals surface area contributed by atoms with Crippen molar-refractivity contribution in [2.24, 2.45) is 11.3 Å². The van der Waals surface area contributed by atoms with Gasteiger partial charge in [-0.3, -0.25) is 24.0 Å². The average molecular weight is 647 g/mol. The minimum absolute atomic E-state index is 0.0618. The first kappa shape index (κ1) is 35.3. The van der Waals surface area contributed by atoms with Crippen LogP contribution in [-0.4, -0.2) is 65.5 Å². The maximum Gasteiger partial charge on any atom is 0.319 e. The summed E-state index contributed by atoms with van der Waals surface area (Å²) in [7, 11) is 0. The van der Waals surface area contributed by atoms with Crippen LogP contribution < -0.4 is 20.4 Å². The molecule has 0 radical (unpaired) electrons. The molecule has 0 aromatic heterocycles. The van der Waals surface area contributed by atoms with Gasteiger partial charge in [-0.2, -0.15) is 0 Å². The van der Waals surface area contributed by atoms with Crippen molar-refractivity contribution in [2.45, 2.75) is 91.1 Å². The fourth-order valence-corrected chi connectivity index (χ4v) is 6.19. The lowest BCUT2D eigenvalue weighted by molar-refractivity contribution is -0.137. The van der Waals surface area contributed by atoms with Crippen LogP contribution in [0, 0.1) is 11.3 Å². The van der Waals surface area contributed by atoms with E-state index in [-0.39, 0.29) is 67.2 Å². The Bertz CT molecular complexity index is 1510. The van der Waals surface area contributed by atoms with Crippen LogP contribution in [0.1, 0.15) is 89.4 Å². The molecule has 2 aliphatic rings. The highest BCUT2D eigenvalue weighted by Crippen LogP contribution is 2.37. The lowest BCUT2D eigenvalue weighted by atomic mass is 9.90. The normalized spacial score (nSPS) is 17.7. The van der Waals surface area contributed by atoms with Gasteiger partial charge in [0.05, 0.1) is 17.9 Å². The topological polar surface area (TPSA) is 153 Å². The fourth-order valence-electron chi connectivity index (χ4n) is 6.19. The number of carbonyl (C=O) groups excluding carboxylic acids is 5. The molecule has 1 unspecified atom stereocenters. The van der Waals surface area contributed by atoms with Crippen LogP contribution in [-0.2, 0) is 19.2 Å². The number of Topliss-reactive ketones (excluding diaryl/α,β-unsaturated/α-hetero) is 3. The molecule has 47 heavy (non-hydrogen) atoms. The Morgan fingerprint density at radius 1 is 0.957 bits per heavy atom. The van der Waals surface area contributed by atoms with E-state index >= 15 is 0 Å². The van der Waals surface area contributed by atoms with Crippen molar-refractivity contribution in [3.63, 3.8) is 0 Å². The van der Waals surface area contributed by atoms with E-state index in [0.29, 0.717) is 11.4 Å². The molecule has 1 heterocycles. The summed E-state index contributed by atoms with van der Waals surface area (Å²) < 4.78 is 0. The molecule has 0 bridgehead atoms. The number of fused-ring (bicyclic) bond motifs is 1. The maximum atomic E-state index is 14.2. The predicted octanol–water partition coefficient (Wildman–Crippen LogP) is 5.62. The van der Waals surface area contributed by atoms with Gasteiger partial charge in [0.2, 0.25) is 0 Å². The predicted molar refractivity (Wildman–Crippen MR) is 180 cm³/mol. The molecule has 2 atom stereocenters. The summed E-state index contributed by atoms with van der Waals surface area (Å²) in [6.45, 7) is 6.89. The first-order valence-electron chi connectivity index (χ1n) is 16.4. The molecule has 4 rings (SSSR count). The number of ketones is 3. The van der Waals surface area contributed by atoms with Crippen LogP contribution in [0.5, 0.6) is 0 Å². The molecule has 1 saturated carbocycles. The van der Waals surface area contributed by atoms with Gasteiger partial charge in [-0.15, -0.1) is 0 Å². The summed E-state index contributed by atoms with van der Waals surface area (Å²) in [5, 5.41) is 14.6. The van der Waals surface area contributed by atoms with E-state index in [1.165, 1.54) is 17.9 Å². The molecule has 11 nitrogen and oxygen atoms in total. The molecule has 11 heteroatoms. The van der Waals surface area contributed by atoms with Crippen molar-refractivity contribution in [1.82, 2.24) is 5.32 Å². The van der Waals surface area contributed by atoms with Crippen molar-refractivity contribution in [3.05, 3.63) is 54.1 Å². The number of carboxylic acid groups (broad SMARTS) is 1. The average Bonchev–Trinajstić information content (AvgIpc) is 3.13. The standard InChI is InChI=1S/C36H46N4O7/c1-23(41)24(17-18-33(44)45)20-31(42)25-11-10-12-26(19-25)37-35(47)38-28-21-39(27-13-6-5-7-14-27)29-15-8-9-16-30(29)40(34(28)46)22-32(43)36(2,3)4/h8-12,15-16,19,24,27-28H,5-7,13-14,17-18,20-22H2,1-4H3,(H,44,45)(H2,37,38,47)/t24?,28-/m1/s1. The number of hydrogen-bond acceptors (Lipinski definition) is 7. The maximum absolute atomic E-state index is 14.2. The Balaban J connectivity index is 1.55. The Kier molecular flexibility index (Phi) is 11.5. The van der Waals surface area contributed by atoms with Gasteiger partial charge >= 0.3 is 12.0 Å². The highest BCUT2D eigenvalue weighted by Gasteiger charge is 2.39. The number of anilines is 3. The van der Waals surface area contributed by atoms with E-state index in [1.807, 2.05) is 45.0 Å². The zero-order valence-corrected chi connectivity index (χ0v) is 27.7. The number of benzene rings is 2. The third kappa shape index (κ3) is 9.27. The summed E-state index contributed by atoms with van der Waals surface area (Å²) in [5.74, 6) is -2.86. The van der Waals surface area contributed by atoms with Crippen molar-refractivity contribution in [3.8, 4) is 0 Å². The van der Waals surface area contributed by atoms with Gasteiger partial charge in [-0.1, -0.05) is 64.3 Å². The van der Waals surface area contributed by atoms with Crippen LogP contribution in [0.2, 0.25) is 0 Å². The van der Waals surface area contributed by atoms with Crippen LogP contribution in [0.4, 0.5) is 21.9 Å². The van der Waals surface area contributed by atoms with Gasteiger partial charge in [-0.05, 0) is 50.5 Å². The molecule has 2 aromatic rings. The number of carboxylic acids is 1. The highest BCUT2D eigenvalue weighted by atomic mass is 16.4. The quantitative estimate of drug-likeness (QED) is 0.251. The molecule has 1 aliphatic heterocycles. The van der Waals surface area contributed by atoms with Gasteiger partial charge in [0, 0.05) is 48.0 Å². The Morgan fingerprint density at radius 3 is 2.28 bits per heavy atom. The number of hydrogen-bond donors (Lipinski definition) is 3. The first-order chi connectivity index (χ1) is 22.2. The number of nitrogens with zero attached hydrogens (tertiary/aromatic N) is 2. The monoisotopic (exact) mass is 646 g/mol. The molecule has 1 aliphatic carbocycles. The molecule has 2 aromatic carbocycles. The second kappa shape index (κ2) is 15.4. The smallest absolute Gasteiger partial charge is 0.319 e. The van der Waals surface area contributed by atoms with Crippen LogP contribution in [0.15, 0.2) is 48.5 Å². The van der Waals surface area contributed by atoms with Crippen LogP contribution >= 0.6 is 0 Å². The van der Waals surface area contributed by atoms with E-state index in [0.717, 1.165) is 37.8 Å². The minimum atomic E-state index is -1.04. The number of urea groups is 1. The number of rotatable bonds is 12. The number of nitrogens with one attached hydrogen (secondary N) is 2. The van der Waals surface area contributed by atoms with Crippen LogP contribution in [0.25, 0.3) is 0 Å². The van der Waals surface area contributed by atoms with Crippen molar-refractivity contribution >= 4 is 52.3 Å². The second-order valence-corrected chi connectivity index (χ2v) is 13.6. The van der Waals surface area contributed by atoms with Gasteiger partial charge in [-0.25, -0.2) is 4.79 Å². The molecule has 0 saturated heterocycles. The SMILES string of the molecule is CC(=O)C(CCC(=O)O)CC(=O)c1cccc(NC(=O)N[C@@H]2CN(C3CCCCC3)c3ccccc3N(CC(=O)C(C)(C)C)C2=O)c1.